The van der Waals surface area contributed by atoms with Crippen molar-refractivity contribution >= 4 is 22.4 Å². The van der Waals surface area contributed by atoms with Gasteiger partial charge in [0.05, 0.1) is 5.69 Å². The van der Waals surface area contributed by atoms with Crippen LogP contribution in [-0.4, -0.2) is 21.3 Å². The minimum Gasteiger partial charge on any atom is -0.360 e. The maximum Gasteiger partial charge on any atom is 0.263 e. The first-order valence-corrected chi connectivity index (χ1v) is 7.32. The number of nitrogens with zero attached hydrogens (tertiary/aromatic N) is 3. The number of rotatable bonds is 4. The second kappa shape index (κ2) is 5.70. The smallest absolute Gasteiger partial charge is 0.263 e. The van der Waals surface area contributed by atoms with E-state index in [-0.39, 0.29) is 11.8 Å². The van der Waals surface area contributed by atoms with Crippen molar-refractivity contribution in [2.75, 3.05) is 5.32 Å². The van der Waals surface area contributed by atoms with Gasteiger partial charge in [0.1, 0.15) is 10.6 Å². The molecule has 2 heterocycles. The molecule has 0 spiro atoms. The van der Waals surface area contributed by atoms with E-state index in [4.69, 9.17) is 4.52 Å². The molecular weight excluding hydrogens is 276 g/mol. The van der Waals surface area contributed by atoms with Gasteiger partial charge in [0.2, 0.25) is 5.13 Å². The zero-order chi connectivity index (χ0) is 14.9. The van der Waals surface area contributed by atoms with Gasteiger partial charge in [-0.1, -0.05) is 44.2 Å². The topological polar surface area (TPSA) is 80.9 Å². The van der Waals surface area contributed by atoms with Gasteiger partial charge in [0.25, 0.3) is 5.91 Å². The van der Waals surface area contributed by atoms with E-state index in [9.17, 15) is 4.79 Å². The summed E-state index contributed by atoms with van der Waals surface area (Å²) in [6.07, 6.45) is 0. The largest absolute Gasteiger partial charge is 0.360 e. The van der Waals surface area contributed by atoms with Gasteiger partial charge in [0.15, 0.2) is 5.76 Å². The summed E-state index contributed by atoms with van der Waals surface area (Å²) in [4.78, 5) is 12.3. The van der Waals surface area contributed by atoms with E-state index in [2.05, 4.69) is 20.7 Å². The lowest BCUT2D eigenvalue weighted by Crippen LogP contribution is -2.14. The van der Waals surface area contributed by atoms with Crippen LogP contribution in [0, 0.1) is 6.92 Å². The summed E-state index contributed by atoms with van der Waals surface area (Å²) in [6.45, 7) is 9.74. The molecule has 6 nitrogen and oxygen atoms in total. The predicted octanol–water partition coefficient (Wildman–Crippen LogP) is 3.33. The molecule has 0 aliphatic carbocycles. The van der Waals surface area contributed by atoms with E-state index in [0.717, 1.165) is 5.01 Å². The molecule has 7 heteroatoms. The molecule has 1 amide bonds. The average molecular weight is 294 g/mol. The van der Waals surface area contributed by atoms with Gasteiger partial charge in [-0.15, -0.1) is 10.2 Å². The van der Waals surface area contributed by atoms with Crippen LogP contribution in [0.3, 0.4) is 0 Å². The van der Waals surface area contributed by atoms with Crippen molar-refractivity contribution in [2.24, 2.45) is 0 Å². The summed E-state index contributed by atoms with van der Waals surface area (Å²) in [6, 6.07) is 0. The van der Waals surface area contributed by atoms with Crippen LogP contribution in [0.15, 0.2) is 4.52 Å². The lowest BCUT2D eigenvalue weighted by Gasteiger charge is -2.04. The highest BCUT2D eigenvalue weighted by atomic mass is 32.1. The molecule has 108 valence electrons. The van der Waals surface area contributed by atoms with Crippen LogP contribution in [0.25, 0.3) is 0 Å². The van der Waals surface area contributed by atoms with E-state index >= 15 is 0 Å². The van der Waals surface area contributed by atoms with Crippen molar-refractivity contribution in [1.82, 2.24) is 15.4 Å². The molecule has 0 aliphatic heterocycles. The maximum absolute atomic E-state index is 12.3. The van der Waals surface area contributed by atoms with Gasteiger partial charge in [0, 0.05) is 11.8 Å². The fourth-order valence-electron chi connectivity index (χ4n) is 1.74. The Bertz CT molecular complexity index is 616. The van der Waals surface area contributed by atoms with Crippen LogP contribution in [0.5, 0.6) is 0 Å². The molecule has 2 aromatic rings. The van der Waals surface area contributed by atoms with Crippen LogP contribution < -0.4 is 5.32 Å². The van der Waals surface area contributed by atoms with Gasteiger partial charge in [-0.25, -0.2) is 0 Å². The molecule has 20 heavy (non-hydrogen) atoms. The number of nitrogens with one attached hydrogen (secondary N) is 1. The van der Waals surface area contributed by atoms with Crippen LogP contribution in [0.4, 0.5) is 5.13 Å². The Hall–Kier alpha value is -1.76. The van der Waals surface area contributed by atoms with Gasteiger partial charge < -0.3 is 4.52 Å². The van der Waals surface area contributed by atoms with Crippen molar-refractivity contribution in [1.29, 1.82) is 0 Å². The predicted molar refractivity (Wildman–Crippen MR) is 77.3 cm³/mol. The monoisotopic (exact) mass is 294 g/mol. The zero-order valence-corrected chi connectivity index (χ0v) is 13.0. The molecule has 0 radical (unpaired) electrons. The van der Waals surface area contributed by atoms with E-state index in [0.29, 0.717) is 28.1 Å². The molecule has 0 saturated heterocycles. The SMILES string of the molecule is Cc1noc(C(C)C)c1C(=O)Nc1nnc(C(C)C)s1. The first-order valence-electron chi connectivity index (χ1n) is 6.51. The lowest BCUT2D eigenvalue weighted by molar-refractivity contribution is 0.102. The van der Waals surface area contributed by atoms with Crippen molar-refractivity contribution in [3.8, 4) is 0 Å². The first kappa shape index (κ1) is 14.6. The Morgan fingerprint density at radius 1 is 1.20 bits per heavy atom. The number of carbonyl (C=O) groups excluding carboxylic acids is 1. The Labute approximate surface area is 121 Å². The molecule has 0 saturated carbocycles. The fourth-order valence-corrected chi connectivity index (χ4v) is 2.48. The third-order valence-electron chi connectivity index (χ3n) is 2.80. The number of aryl methyl sites for hydroxylation is 1. The third kappa shape index (κ3) is 2.87. The molecule has 1 N–H and O–H groups in total. The first-order chi connectivity index (χ1) is 9.40. The normalized spacial score (nSPS) is 11.3. The van der Waals surface area contributed by atoms with E-state index in [1.54, 1.807) is 6.92 Å². The summed E-state index contributed by atoms with van der Waals surface area (Å²) >= 11 is 1.38. The minimum absolute atomic E-state index is 0.0950. The van der Waals surface area contributed by atoms with E-state index in [1.165, 1.54) is 11.3 Å². The molecule has 0 aromatic carbocycles. The maximum atomic E-state index is 12.3. The van der Waals surface area contributed by atoms with E-state index in [1.807, 2.05) is 27.7 Å². The molecule has 0 bridgehead atoms. The Kier molecular flexibility index (Phi) is 4.17. The summed E-state index contributed by atoms with van der Waals surface area (Å²) < 4.78 is 5.22. The minimum atomic E-state index is -0.251. The molecule has 0 aliphatic rings. The Balaban J connectivity index is 2.21. The van der Waals surface area contributed by atoms with Gasteiger partial charge in [-0.05, 0) is 6.92 Å². The molecule has 2 rings (SSSR count). The van der Waals surface area contributed by atoms with Crippen LogP contribution in [-0.2, 0) is 0 Å². The average Bonchev–Trinajstić information content (AvgIpc) is 2.95. The summed E-state index contributed by atoms with van der Waals surface area (Å²) in [5.74, 6) is 0.729. The van der Waals surface area contributed by atoms with Crippen LogP contribution in [0.2, 0.25) is 0 Å². The van der Waals surface area contributed by atoms with Crippen molar-refractivity contribution in [3.05, 3.63) is 22.0 Å². The number of aromatic nitrogens is 3. The van der Waals surface area contributed by atoms with Crippen molar-refractivity contribution in [2.45, 2.75) is 46.5 Å². The second-order valence-electron chi connectivity index (χ2n) is 5.22. The van der Waals surface area contributed by atoms with Gasteiger partial charge in [-0.2, -0.15) is 0 Å². The molecule has 0 atom stereocenters. The van der Waals surface area contributed by atoms with Crippen LogP contribution in [0.1, 0.15) is 66.4 Å². The summed E-state index contributed by atoms with van der Waals surface area (Å²) in [5.41, 5.74) is 1.07. The van der Waals surface area contributed by atoms with Crippen LogP contribution >= 0.6 is 11.3 Å². The van der Waals surface area contributed by atoms with E-state index < -0.39 is 0 Å². The Morgan fingerprint density at radius 2 is 1.90 bits per heavy atom. The lowest BCUT2D eigenvalue weighted by atomic mass is 10.0. The number of hydrogen-bond acceptors (Lipinski definition) is 6. The summed E-state index contributed by atoms with van der Waals surface area (Å²) in [7, 11) is 0. The number of amides is 1. The number of anilines is 1. The highest BCUT2D eigenvalue weighted by molar-refractivity contribution is 7.15. The highest BCUT2D eigenvalue weighted by Gasteiger charge is 2.23. The molecular formula is C13H18N4O2S. The van der Waals surface area contributed by atoms with Gasteiger partial charge >= 0.3 is 0 Å². The van der Waals surface area contributed by atoms with Gasteiger partial charge in [-0.3, -0.25) is 10.1 Å². The quantitative estimate of drug-likeness (QED) is 0.935. The highest BCUT2D eigenvalue weighted by Crippen LogP contribution is 2.26. The second-order valence-corrected chi connectivity index (χ2v) is 6.23. The fraction of sp³-hybridized carbons (Fsp3) is 0.538. The third-order valence-corrected chi connectivity index (χ3v) is 3.93. The van der Waals surface area contributed by atoms with Crippen molar-refractivity contribution < 1.29 is 9.32 Å². The number of hydrogen-bond donors (Lipinski definition) is 1. The Morgan fingerprint density at radius 3 is 2.45 bits per heavy atom. The standard InChI is InChI=1S/C13H18N4O2S/c1-6(2)10-9(8(5)17-19-10)11(18)14-13-16-15-12(20-13)7(3)4/h6-7H,1-5H3,(H,14,16,18). The molecule has 2 aromatic heterocycles. The summed E-state index contributed by atoms with van der Waals surface area (Å²) in [5, 5.41) is 16.0. The zero-order valence-electron chi connectivity index (χ0n) is 12.2. The number of carbonyl (C=O) groups is 1. The van der Waals surface area contributed by atoms with Crippen molar-refractivity contribution in [3.63, 3.8) is 0 Å². The molecule has 0 fully saturated rings. The molecule has 0 unspecified atom stereocenters.